The van der Waals surface area contributed by atoms with Crippen LogP contribution in [0.4, 0.5) is 14.5 Å². The first-order valence-corrected chi connectivity index (χ1v) is 13.6. The molecular formula is C31H35F2N3O6. The number of carbonyl (C=O) groups is 2. The van der Waals surface area contributed by atoms with Crippen molar-refractivity contribution in [1.29, 1.82) is 0 Å². The second kappa shape index (κ2) is 12.6. The molecule has 1 amide bonds. The Labute approximate surface area is 242 Å². The zero-order valence-corrected chi connectivity index (χ0v) is 24.5. The lowest BCUT2D eigenvalue weighted by molar-refractivity contribution is -0.142. The van der Waals surface area contributed by atoms with Gasteiger partial charge in [0, 0.05) is 42.5 Å². The van der Waals surface area contributed by atoms with Crippen molar-refractivity contribution in [2.24, 2.45) is 7.05 Å². The number of aryl methyl sites for hydroxylation is 1. The van der Waals surface area contributed by atoms with Crippen LogP contribution in [-0.2, 0) is 29.4 Å². The van der Waals surface area contributed by atoms with E-state index in [0.717, 1.165) is 30.5 Å². The highest BCUT2D eigenvalue weighted by molar-refractivity contribution is 5.97. The van der Waals surface area contributed by atoms with E-state index in [1.54, 1.807) is 32.2 Å². The lowest BCUT2D eigenvalue weighted by Gasteiger charge is -2.26. The van der Waals surface area contributed by atoms with Gasteiger partial charge >= 0.3 is 5.97 Å². The number of nitrogens with zero attached hydrogens (tertiary/aromatic N) is 1. The van der Waals surface area contributed by atoms with E-state index < -0.39 is 35.1 Å². The molecule has 0 spiro atoms. The zero-order valence-electron chi connectivity index (χ0n) is 24.5. The molecule has 1 aliphatic heterocycles. The minimum Gasteiger partial charge on any atom is -0.496 e. The van der Waals surface area contributed by atoms with Gasteiger partial charge in [0.15, 0.2) is 0 Å². The number of hydrogen-bond acceptors (Lipinski definition) is 7. The third kappa shape index (κ3) is 6.09. The molecule has 2 aromatic carbocycles. The van der Waals surface area contributed by atoms with Crippen molar-refractivity contribution in [3.05, 3.63) is 74.7 Å². The molecule has 2 heterocycles. The molecular weight excluding hydrogens is 548 g/mol. The molecule has 224 valence electrons. The Morgan fingerprint density at radius 1 is 1.12 bits per heavy atom. The first kappa shape index (κ1) is 30.5. The van der Waals surface area contributed by atoms with Gasteiger partial charge < -0.3 is 29.4 Å². The van der Waals surface area contributed by atoms with E-state index in [4.69, 9.17) is 14.2 Å². The van der Waals surface area contributed by atoms with E-state index in [1.165, 1.54) is 11.7 Å². The number of carbonyl (C=O) groups excluding carboxylic acids is 2. The Kier molecular flexibility index (Phi) is 9.18. The predicted octanol–water partition coefficient (Wildman–Crippen LogP) is 4.31. The molecule has 0 fully saturated rings. The number of amides is 1. The summed E-state index contributed by atoms with van der Waals surface area (Å²) in [6.07, 6.45) is 1.24. The van der Waals surface area contributed by atoms with Crippen molar-refractivity contribution in [2.45, 2.75) is 52.1 Å². The summed E-state index contributed by atoms with van der Waals surface area (Å²) in [5, 5.41) is 5.33. The molecule has 11 heteroatoms. The van der Waals surface area contributed by atoms with Gasteiger partial charge in [0.2, 0.25) is 0 Å². The molecule has 0 saturated heterocycles. The van der Waals surface area contributed by atoms with E-state index >= 15 is 0 Å². The molecule has 1 atom stereocenters. The fourth-order valence-corrected chi connectivity index (χ4v) is 5.11. The minimum absolute atomic E-state index is 0.0380. The molecule has 4 rings (SSSR count). The van der Waals surface area contributed by atoms with Crippen LogP contribution in [0.2, 0.25) is 0 Å². The van der Waals surface area contributed by atoms with Crippen molar-refractivity contribution in [3.63, 3.8) is 0 Å². The van der Waals surface area contributed by atoms with Crippen LogP contribution in [0.5, 0.6) is 11.5 Å². The number of hydrogen-bond donors (Lipinski definition) is 2. The number of anilines is 1. The third-order valence-electron chi connectivity index (χ3n) is 7.24. The zero-order chi connectivity index (χ0) is 30.7. The number of benzene rings is 2. The number of pyridine rings is 1. The highest BCUT2D eigenvalue weighted by atomic mass is 19.1. The smallest absolute Gasteiger partial charge is 0.328 e. The predicted molar refractivity (Wildman–Crippen MR) is 154 cm³/mol. The molecule has 1 aromatic heterocycles. The molecule has 2 N–H and O–H groups in total. The fourth-order valence-electron chi connectivity index (χ4n) is 5.11. The Morgan fingerprint density at radius 3 is 2.43 bits per heavy atom. The number of methoxy groups -OCH3 is 2. The number of nitrogens with one attached hydrogen (secondary N) is 2. The second-order valence-electron chi connectivity index (χ2n) is 10.5. The number of ether oxygens (including phenoxy) is 3. The number of rotatable bonds is 9. The largest absolute Gasteiger partial charge is 0.496 e. The van der Waals surface area contributed by atoms with Gasteiger partial charge in [-0.3, -0.25) is 9.59 Å². The minimum atomic E-state index is -1.26. The van der Waals surface area contributed by atoms with E-state index in [9.17, 15) is 23.2 Å². The molecule has 0 radical (unpaired) electrons. The average molecular weight is 584 g/mol. The standard InChI is InChI=1S/C31H35F2N3O6/c1-16(2)34-19-14-22(32)27(23(33)15-19)29(37)35-24(31(39)41-6)13-18-9-10-21(28-20(18)8-7-11-42-28)26-25(40-5)12-17(3)36(4)30(26)38/h9-10,12,14-16,24,34H,7-8,11,13H2,1-6H3,(H,35,37)/t24-/m0/s1. The monoisotopic (exact) mass is 583 g/mol. The summed E-state index contributed by atoms with van der Waals surface area (Å²) in [7, 11) is 4.32. The Bertz CT molecular complexity index is 1560. The van der Waals surface area contributed by atoms with Crippen LogP contribution in [-0.4, -0.2) is 49.4 Å². The van der Waals surface area contributed by atoms with Crippen LogP contribution in [0.1, 0.15) is 47.4 Å². The van der Waals surface area contributed by atoms with E-state index in [0.29, 0.717) is 47.6 Å². The maximum Gasteiger partial charge on any atom is 0.328 e. The molecule has 3 aromatic rings. The molecule has 1 aliphatic rings. The SMILES string of the molecule is COC(=O)[C@H](Cc1ccc(-c2c(OC)cc(C)n(C)c2=O)c2c1CCCO2)NC(=O)c1c(F)cc(NC(C)C)cc1F. The van der Waals surface area contributed by atoms with Gasteiger partial charge in [-0.25, -0.2) is 13.6 Å². The summed E-state index contributed by atoms with van der Waals surface area (Å²) < 4.78 is 47.7. The molecule has 0 bridgehead atoms. The van der Waals surface area contributed by atoms with Crippen molar-refractivity contribution < 1.29 is 32.6 Å². The lowest BCUT2D eigenvalue weighted by Crippen LogP contribution is -2.43. The molecule has 9 nitrogen and oxygen atoms in total. The first-order chi connectivity index (χ1) is 20.0. The summed E-state index contributed by atoms with van der Waals surface area (Å²) >= 11 is 0. The Morgan fingerprint density at radius 2 is 1.81 bits per heavy atom. The third-order valence-corrected chi connectivity index (χ3v) is 7.24. The molecule has 42 heavy (non-hydrogen) atoms. The van der Waals surface area contributed by atoms with Gasteiger partial charge in [-0.2, -0.15) is 0 Å². The Balaban J connectivity index is 1.71. The van der Waals surface area contributed by atoms with Crippen molar-refractivity contribution in [2.75, 3.05) is 26.1 Å². The summed E-state index contributed by atoms with van der Waals surface area (Å²) in [5.74, 6) is -3.13. The summed E-state index contributed by atoms with van der Waals surface area (Å²) in [5.41, 5.74) is 2.15. The maximum atomic E-state index is 14.8. The van der Waals surface area contributed by atoms with Crippen molar-refractivity contribution >= 4 is 17.6 Å². The fraction of sp³-hybridized carbons (Fsp3) is 0.387. The van der Waals surface area contributed by atoms with Crippen LogP contribution in [0.3, 0.4) is 0 Å². The number of fused-ring (bicyclic) bond motifs is 1. The van der Waals surface area contributed by atoms with E-state index in [-0.39, 0.29) is 23.7 Å². The van der Waals surface area contributed by atoms with Gasteiger partial charge in [-0.05, 0) is 56.9 Å². The van der Waals surface area contributed by atoms with Gasteiger partial charge in [0.1, 0.15) is 34.7 Å². The van der Waals surface area contributed by atoms with Gasteiger partial charge in [0.25, 0.3) is 11.5 Å². The second-order valence-corrected chi connectivity index (χ2v) is 10.5. The van der Waals surface area contributed by atoms with Crippen LogP contribution < -0.4 is 25.7 Å². The van der Waals surface area contributed by atoms with Gasteiger partial charge in [0.05, 0.1) is 26.4 Å². The van der Waals surface area contributed by atoms with Crippen LogP contribution in [0.25, 0.3) is 11.1 Å². The van der Waals surface area contributed by atoms with Gasteiger partial charge in [-0.1, -0.05) is 12.1 Å². The average Bonchev–Trinajstić information content (AvgIpc) is 2.94. The van der Waals surface area contributed by atoms with Crippen LogP contribution in [0.15, 0.2) is 35.1 Å². The highest BCUT2D eigenvalue weighted by Gasteiger charge is 2.30. The molecule has 0 saturated carbocycles. The lowest BCUT2D eigenvalue weighted by atomic mass is 9.90. The van der Waals surface area contributed by atoms with Crippen LogP contribution in [0, 0.1) is 18.6 Å². The van der Waals surface area contributed by atoms with Crippen molar-refractivity contribution in [1.82, 2.24) is 9.88 Å². The number of aromatic nitrogens is 1. The van der Waals surface area contributed by atoms with Gasteiger partial charge in [-0.15, -0.1) is 0 Å². The Hall–Kier alpha value is -4.41. The first-order valence-electron chi connectivity index (χ1n) is 13.6. The molecule has 0 aliphatic carbocycles. The number of halogens is 2. The number of esters is 1. The van der Waals surface area contributed by atoms with E-state index in [1.807, 2.05) is 13.8 Å². The van der Waals surface area contributed by atoms with Crippen LogP contribution >= 0.6 is 0 Å². The summed E-state index contributed by atoms with van der Waals surface area (Å²) in [6.45, 7) is 5.85. The topological polar surface area (TPSA) is 108 Å². The van der Waals surface area contributed by atoms with Crippen molar-refractivity contribution in [3.8, 4) is 22.6 Å². The maximum absolute atomic E-state index is 14.8. The molecule has 0 unspecified atom stereocenters. The normalized spacial score (nSPS) is 13.2. The summed E-state index contributed by atoms with van der Waals surface area (Å²) in [6, 6.07) is 5.95. The summed E-state index contributed by atoms with van der Waals surface area (Å²) in [4.78, 5) is 39.1. The highest BCUT2D eigenvalue weighted by Crippen LogP contribution is 2.41. The van der Waals surface area contributed by atoms with E-state index in [2.05, 4.69) is 10.6 Å². The quantitative estimate of drug-likeness (QED) is 0.362.